The summed E-state index contributed by atoms with van der Waals surface area (Å²) >= 11 is 0. The molecule has 3 N–H and O–H groups in total. The minimum atomic E-state index is -1.28. The Bertz CT molecular complexity index is 793. The van der Waals surface area contributed by atoms with Crippen LogP contribution in [-0.4, -0.2) is 53.5 Å². The number of urea groups is 1. The molecule has 0 radical (unpaired) electrons. The van der Waals surface area contributed by atoms with Crippen LogP contribution in [0.5, 0.6) is 5.75 Å². The van der Waals surface area contributed by atoms with Gasteiger partial charge in [0, 0.05) is 0 Å². The molecule has 1 fully saturated rings. The van der Waals surface area contributed by atoms with Gasteiger partial charge in [-0.25, -0.2) is 4.79 Å². The van der Waals surface area contributed by atoms with Gasteiger partial charge in [0.15, 0.2) is 0 Å². The van der Waals surface area contributed by atoms with E-state index in [4.69, 9.17) is 9.84 Å². The highest BCUT2D eigenvalue weighted by atomic mass is 16.5. The summed E-state index contributed by atoms with van der Waals surface area (Å²) in [6, 6.07) is 3.35. The molecule has 27 heavy (non-hydrogen) atoms. The molecule has 2 atom stereocenters. The predicted molar refractivity (Wildman–Crippen MR) is 95.2 cm³/mol. The number of nitrogens with zero attached hydrogens (tertiary/aromatic N) is 1. The first kappa shape index (κ1) is 20.2. The molecule has 1 aliphatic heterocycles. The van der Waals surface area contributed by atoms with E-state index >= 15 is 0 Å². The average molecular weight is 377 g/mol. The molecule has 0 bridgehead atoms. The third kappa shape index (κ3) is 3.71. The number of methoxy groups -OCH3 is 1. The first-order chi connectivity index (χ1) is 12.7. The van der Waals surface area contributed by atoms with Crippen LogP contribution in [0.25, 0.3) is 0 Å². The fourth-order valence-electron chi connectivity index (χ4n) is 3.05. The second-order valence-corrected chi connectivity index (χ2v) is 6.39. The number of amides is 4. The standard InChI is InChI=1S/C18H23N3O6/c1-5-18(12-6-7-13(27-4)10(2)8-12)16(25)21(17(26)20-18)9-14(22)19-11(3)15(23)24/h6-8,11H,5,9H2,1-4H3,(H,19,22)(H,20,26)(H,23,24). The summed E-state index contributed by atoms with van der Waals surface area (Å²) in [6.07, 6.45) is 0.285. The van der Waals surface area contributed by atoms with Crippen LogP contribution in [0.1, 0.15) is 31.4 Å². The summed E-state index contributed by atoms with van der Waals surface area (Å²) in [7, 11) is 1.54. The van der Waals surface area contributed by atoms with Gasteiger partial charge in [0.25, 0.3) is 5.91 Å². The van der Waals surface area contributed by atoms with Crippen LogP contribution in [-0.2, 0) is 19.9 Å². The summed E-state index contributed by atoms with van der Waals surface area (Å²) in [5.41, 5.74) is 0.104. The third-order valence-electron chi connectivity index (χ3n) is 4.64. The van der Waals surface area contributed by atoms with E-state index in [1.807, 2.05) is 6.92 Å². The van der Waals surface area contributed by atoms with E-state index in [1.54, 1.807) is 32.2 Å². The number of benzene rings is 1. The minimum absolute atomic E-state index is 0.285. The molecule has 2 unspecified atom stereocenters. The Morgan fingerprint density at radius 2 is 2.04 bits per heavy atom. The van der Waals surface area contributed by atoms with Crippen molar-refractivity contribution in [1.82, 2.24) is 15.5 Å². The summed E-state index contributed by atoms with van der Waals surface area (Å²) in [6.45, 7) is 4.32. The maximum absolute atomic E-state index is 13.0. The van der Waals surface area contributed by atoms with Crippen molar-refractivity contribution < 1.29 is 29.0 Å². The van der Waals surface area contributed by atoms with Gasteiger partial charge >= 0.3 is 12.0 Å². The third-order valence-corrected chi connectivity index (χ3v) is 4.64. The fraction of sp³-hybridized carbons (Fsp3) is 0.444. The molecule has 9 nitrogen and oxygen atoms in total. The van der Waals surface area contributed by atoms with Crippen molar-refractivity contribution >= 4 is 23.8 Å². The second-order valence-electron chi connectivity index (χ2n) is 6.39. The van der Waals surface area contributed by atoms with Crippen molar-refractivity contribution in [2.75, 3.05) is 13.7 Å². The molecule has 1 heterocycles. The number of rotatable bonds is 7. The molecular weight excluding hydrogens is 354 g/mol. The lowest BCUT2D eigenvalue weighted by molar-refractivity contribution is -0.141. The Labute approximate surface area is 156 Å². The Kier molecular flexibility index (Phi) is 5.72. The van der Waals surface area contributed by atoms with Crippen LogP contribution in [0.2, 0.25) is 0 Å². The number of imide groups is 1. The number of hydrogen-bond donors (Lipinski definition) is 3. The molecule has 1 aliphatic rings. The number of carbonyl (C=O) groups excluding carboxylic acids is 3. The van der Waals surface area contributed by atoms with Crippen molar-refractivity contribution in [2.24, 2.45) is 0 Å². The first-order valence-corrected chi connectivity index (χ1v) is 8.47. The number of carboxylic acid groups (broad SMARTS) is 1. The number of ether oxygens (including phenoxy) is 1. The molecule has 1 aromatic carbocycles. The zero-order chi connectivity index (χ0) is 20.4. The van der Waals surface area contributed by atoms with Crippen LogP contribution in [0, 0.1) is 6.92 Å². The zero-order valence-electron chi connectivity index (χ0n) is 15.7. The van der Waals surface area contributed by atoms with Gasteiger partial charge in [-0.1, -0.05) is 13.0 Å². The Morgan fingerprint density at radius 3 is 2.56 bits per heavy atom. The number of carbonyl (C=O) groups is 4. The highest BCUT2D eigenvalue weighted by molar-refractivity contribution is 6.09. The maximum atomic E-state index is 13.0. The van der Waals surface area contributed by atoms with Gasteiger partial charge in [-0.2, -0.15) is 0 Å². The molecule has 0 saturated carbocycles. The van der Waals surface area contributed by atoms with Crippen molar-refractivity contribution in [2.45, 2.75) is 38.8 Å². The van der Waals surface area contributed by atoms with Crippen LogP contribution in [0.15, 0.2) is 18.2 Å². The number of aryl methyl sites for hydroxylation is 1. The van der Waals surface area contributed by atoms with Gasteiger partial charge in [-0.15, -0.1) is 0 Å². The quantitative estimate of drug-likeness (QED) is 0.602. The van der Waals surface area contributed by atoms with Gasteiger partial charge < -0.3 is 20.5 Å². The van der Waals surface area contributed by atoms with E-state index in [1.165, 1.54) is 6.92 Å². The largest absolute Gasteiger partial charge is 0.496 e. The van der Waals surface area contributed by atoms with Crippen LogP contribution < -0.4 is 15.4 Å². The van der Waals surface area contributed by atoms with Crippen molar-refractivity contribution in [3.63, 3.8) is 0 Å². The summed E-state index contributed by atoms with van der Waals surface area (Å²) in [4.78, 5) is 49.0. The Hall–Kier alpha value is -3.10. The van der Waals surface area contributed by atoms with E-state index < -0.39 is 41.9 Å². The normalized spacial score (nSPS) is 20.2. The highest BCUT2D eigenvalue weighted by Crippen LogP contribution is 2.34. The highest BCUT2D eigenvalue weighted by Gasteiger charge is 2.51. The van der Waals surface area contributed by atoms with Crippen molar-refractivity contribution in [3.05, 3.63) is 29.3 Å². The smallest absolute Gasteiger partial charge is 0.325 e. The number of carboxylic acids is 1. The monoisotopic (exact) mass is 377 g/mol. The Morgan fingerprint density at radius 1 is 1.37 bits per heavy atom. The maximum Gasteiger partial charge on any atom is 0.325 e. The zero-order valence-corrected chi connectivity index (χ0v) is 15.7. The second kappa shape index (κ2) is 7.65. The molecule has 9 heteroatoms. The van der Waals surface area contributed by atoms with Gasteiger partial charge in [0.1, 0.15) is 23.9 Å². The molecule has 0 aliphatic carbocycles. The average Bonchev–Trinajstić information content (AvgIpc) is 2.86. The summed E-state index contributed by atoms with van der Waals surface area (Å²) in [5.74, 6) is -1.85. The van der Waals surface area contributed by atoms with Gasteiger partial charge in [0.2, 0.25) is 5.91 Å². The van der Waals surface area contributed by atoms with Gasteiger partial charge in [0.05, 0.1) is 7.11 Å². The van der Waals surface area contributed by atoms with Crippen LogP contribution in [0.4, 0.5) is 4.79 Å². The van der Waals surface area contributed by atoms with E-state index in [0.717, 1.165) is 10.5 Å². The molecule has 4 amide bonds. The van der Waals surface area contributed by atoms with E-state index in [-0.39, 0.29) is 6.42 Å². The van der Waals surface area contributed by atoms with E-state index in [9.17, 15) is 19.2 Å². The molecule has 2 rings (SSSR count). The Balaban J connectivity index is 2.27. The summed E-state index contributed by atoms with van der Waals surface area (Å²) < 4.78 is 5.22. The molecule has 1 aromatic rings. The topological polar surface area (TPSA) is 125 Å². The first-order valence-electron chi connectivity index (χ1n) is 8.47. The molecule has 146 valence electrons. The number of aliphatic carboxylic acids is 1. The predicted octanol–water partition coefficient (Wildman–Crippen LogP) is 0.750. The fourth-order valence-corrected chi connectivity index (χ4v) is 3.05. The molecule has 1 saturated heterocycles. The van der Waals surface area contributed by atoms with Crippen LogP contribution in [0.3, 0.4) is 0 Å². The van der Waals surface area contributed by atoms with Crippen LogP contribution >= 0.6 is 0 Å². The summed E-state index contributed by atoms with van der Waals surface area (Å²) in [5, 5.41) is 13.8. The van der Waals surface area contributed by atoms with Gasteiger partial charge in [-0.3, -0.25) is 19.3 Å². The lowest BCUT2D eigenvalue weighted by Gasteiger charge is -2.26. The van der Waals surface area contributed by atoms with Gasteiger partial charge in [-0.05, 0) is 43.5 Å². The van der Waals surface area contributed by atoms with E-state index in [0.29, 0.717) is 11.3 Å². The lowest BCUT2D eigenvalue weighted by Crippen LogP contribution is -2.47. The molecular formula is C18H23N3O6. The minimum Gasteiger partial charge on any atom is -0.496 e. The molecule has 0 spiro atoms. The number of nitrogens with one attached hydrogen (secondary N) is 2. The molecule has 0 aromatic heterocycles. The van der Waals surface area contributed by atoms with E-state index in [2.05, 4.69) is 10.6 Å². The SMILES string of the molecule is CCC1(c2ccc(OC)c(C)c2)NC(=O)N(CC(=O)NC(C)C(=O)O)C1=O. The van der Waals surface area contributed by atoms with Crippen molar-refractivity contribution in [3.8, 4) is 5.75 Å². The number of hydrogen-bond acceptors (Lipinski definition) is 5. The lowest BCUT2D eigenvalue weighted by atomic mass is 9.86. The van der Waals surface area contributed by atoms with Crippen molar-refractivity contribution in [1.29, 1.82) is 0 Å².